The SMILES string of the molecule is O=C(c1ccc(Cl)cc1)N1CC2(CCN(Cc3ccc(F)c(Oc4ccccc4)c3)CC2)C1OC(=O)C(F)(F)F. The van der Waals surface area contributed by atoms with Crippen LogP contribution in [-0.2, 0) is 16.1 Å². The molecule has 2 aliphatic rings. The number of esters is 1. The molecule has 0 bridgehead atoms. The van der Waals surface area contributed by atoms with Crippen molar-refractivity contribution in [3.63, 3.8) is 0 Å². The number of carbonyl (C=O) groups excluding carboxylic acids is 2. The molecule has 40 heavy (non-hydrogen) atoms. The normalized spacial score (nSPS) is 18.7. The highest BCUT2D eigenvalue weighted by molar-refractivity contribution is 6.30. The first-order valence-electron chi connectivity index (χ1n) is 12.6. The van der Waals surface area contributed by atoms with Crippen LogP contribution in [0.4, 0.5) is 17.6 Å². The molecule has 2 aliphatic heterocycles. The molecule has 1 spiro atoms. The minimum atomic E-state index is -5.19. The summed E-state index contributed by atoms with van der Waals surface area (Å²) in [6.07, 6.45) is -5.72. The van der Waals surface area contributed by atoms with Crippen molar-refractivity contribution in [2.45, 2.75) is 31.8 Å². The standard InChI is InChI=1S/C29H25ClF4N2O4/c30-21-9-7-20(8-10-21)25(37)36-18-28(26(36)40-27(38)29(32,33)34)12-14-35(15-13-28)17-19-6-11-23(31)24(16-19)39-22-4-2-1-3-5-22/h1-11,16,26H,12-15,17-18H2. The molecule has 2 saturated heterocycles. The van der Waals surface area contributed by atoms with Crippen molar-refractivity contribution in [2.75, 3.05) is 19.6 Å². The molecule has 6 nitrogen and oxygen atoms in total. The summed E-state index contributed by atoms with van der Waals surface area (Å²) in [4.78, 5) is 28.1. The molecule has 1 atom stereocenters. The van der Waals surface area contributed by atoms with Crippen molar-refractivity contribution >= 4 is 23.5 Å². The first kappa shape index (κ1) is 27.9. The van der Waals surface area contributed by atoms with E-state index in [9.17, 15) is 27.2 Å². The summed E-state index contributed by atoms with van der Waals surface area (Å²) >= 11 is 5.88. The fraction of sp³-hybridized carbons (Fsp3) is 0.310. The van der Waals surface area contributed by atoms with Gasteiger partial charge in [0, 0.05) is 29.1 Å². The average Bonchev–Trinajstić information content (AvgIpc) is 2.93. The Morgan fingerprint density at radius 2 is 1.65 bits per heavy atom. The number of nitrogens with zero attached hydrogens (tertiary/aromatic N) is 2. The molecule has 0 N–H and O–H groups in total. The Morgan fingerprint density at radius 3 is 2.30 bits per heavy atom. The second-order valence-corrected chi connectivity index (χ2v) is 10.5. The van der Waals surface area contributed by atoms with Crippen LogP contribution < -0.4 is 4.74 Å². The maximum atomic E-state index is 14.4. The van der Waals surface area contributed by atoms with Crippen molar-refractivity contribution in [1.29, 1.82) is 0 Å². The number of halogens is 5. The van der Waals surface area contributed by atoms with E-state index >= 15 is 0 Å². The summed E-state index contributed by atoms with van der Waals surface area (Å²) in [7, 11) is 0. The third-order valence-electron chi connectivity index (χ3n) is 7.32. The van der Waals surface area contributed by atoms with Gasteiger partial charge in [0.2, 0.25) is 0 Å². The minimum absolute atomic E-state index is 0.0895. The molecule has 3 aromatic rings. The second-order valence-electron chi connectivity index (χ2n) is 10.0. The van der Waals surface area contributed by atoms with Gasteiger partial charge in [0.25, 0.3) is 5.91 Å². The Morgan fingerprint density at radius 1 is 0.975 bits per heavy atom. The summed E-state index contributed by atoms with van der Waals surface area (Å²) in [6.45, 7) is 1.58. The quantitative estimate of drug-likeness (QED) is 0.250. The van der Waals surface area contributed by atoms with Gasteiger partial charge in [-0.3, -0.25) is 9.69 Å². The molecule has 11 heteroatoms. The van der Waals surface area contributed by atoms with Gasteiger partial charge >= 0.3 is 12.1 Å². The molecule has 5 rings (SSSR count). The molecule has 1 amide bonds. The molecule has 1 unspecified atom stereocenters. The van der Waals surface area contributed by atoms with Gasteiger partial charge in [-0.1, -0.05) is 35.9 Å². The van der Waals surface area contributed by atoms with Gasteiger partial charge in [-0.2, -0.15) is 13.2 Å². The summed E-state index contributed by atoms with van der Waals surface area (Å²) < 4.78 is 64.2. The van der Waals surface area contributed by atoms with Crippen LogP contribution in [0.25, 0.3) is 0 Å². The van der Waals surface area contributed by atoms with E-state index in [0.29, 0.717) is 43.2 Å². The van der Waals surface area contributed by atoms with Gasteiger partial charge < -0.3 is 14.4 Å². The van der Waals surface area contributed by atoms with E-state index in [2.05, 4.69) is 4.90 Å². The average molecular weight is 577 g/mol. The molecule has 2 heterocycles. The number of carbonyl (C=O) groups is 2. The number of rotatable bonds is 6. The molecular formula is C29H25ClF4N2O4. The van der Waals surface area contributed by atoms with Gasteiger partial charge in [0.05, 0.1) is 0 Å². The zero-order valence-corrected chi connectivity index (χ0v) is 21.9. The van der Waals surface area contributed by atoms with Gasteiger partial charge in [-0.15, -0.1) is 0 Å². The summed E-state index contributed by atoms with van der Waals surface area (Å²) in [5.74, 6) is -2.78. The number of benzene rings is 3. The maximum Gasteiger partial charge on any atom is 0.491 e. The molecule has 0 aromatic heterocycles. The molecule has 0 radical (unpaired) electrons. The van der Waals surface area contributed by atoms with Crippen molar-refractivity contribution in [3.8, 4) is 11.5 Å². The predicted octanol–water partition coefficient (Wildman–Crippen LogP) is 6.44. The second kappa shape index (κ2) is 11.1. The van der Waals surface area contributed by atoms with Crippen LogP contribution in [0.15, 0.2) is 72.8 Å². The smallest absolute Gasteiger partial charge is 0.454 e. The Bertz CT molecular complexity index is 1380. The van der Waals surface area contributed by atoms with E-state index in [1.807, 2.05) is 6.07 Å². The van der Waals surface area contributed by atoms with E-state index in [1.54, 1.807) is 36.4 Å². The molecule has 0 saturated carbocycles. The number of hydrogen-bond acceptors (Lipinski definition) is 5. The minimum Gasteiger partial charge on any atom is -0.454 e. The van der Waals surface area contributed by atoms with Gasteiger partial charge in [-0.25, -0.2) is 9.18 Å². The Kier molecular flexibility index (Phi) is 7.74. The molecule has 210 valence electrons. The fourth-order valence-corrected chi connectivity index (χ4v) is 5.30. The van der Waals surface area contributed by atoms with Crippen LogP contribution in [0.3, 0.4) is 0 Å². The zero-order valence-electron chi connectivity index (χ0n) is 21.2. The Hall–Kier alpha value is -3.63. The van der Waals surface area contributed by atoms with E-state index in [0.717, 1.165) is 10.5 Å². The highest BCUT2D eigenvalue weighted by Gasteiger charge is 2.59. The summed E-state index contributed by atoms with van der Waals surface area (Å²) in [6, 6.07) is 19.4. The van der Waals surface area contributed by atoms with Crippen LogP contribution in [0, 0.1) is 11.2 Å². The number of ether oxygens (including phenoxy) is 2. The zero-order chi connectivity index (χ0) is 28.5. The van der Waals surface area contributed by atoms with Crippen molar-refractivity contribution in [3.05, 3.63) is 94.8 Å². The lowest BCUT2D eigenvalue weighted by molar-refractivity contribution is -0.248. The van der Waals surface area contributed by atoms with E-state index in [4.69, 9.17) is 21.1 Å². The van der Waals surface area contributed by atoms with E-state index in [-0.39, 0.29) is 17.9 Å². The van der Waals surface area contributed by atoms with Crippen LogP contribution >= 0.6 is 11.6 Å². The molecule has 2 fully saturated rings. The number of para-hydroxylation sites is 1. The largest absolute Gasteiger partial charge is 0.491 e. The lowest BCUT2D eigenvalue weighted by Gasteiger charge is -2.58. The van der Waals surface area contributed by atoms with Crippen molar-refractivity contribution in [2.24, 2.45) is 5.41 Å². The van der Waals surface area contributed by atoms with Crippen LogP contribution in [-0.4, -0.2) is 53.7 Å². The van der Waals surface area contributed by atoms with E-state index < -0.39 is 35.5 Å². The van der Waals surface area contributed by atoms with Crippen LogP contribution in [0.5, 0.6) is 11.5 Å². The van der Waals surface area contributed by atoms with Crippen LogP contribution in [0.1, 0.15) is 28.8 Å². The molecule has 3 aromatic carbocycles. The lowest BCUT2D eigenvalue weighted by Crippen LogP contribution is -2.70. The third-order valence-corrected chi connectivity index (χ3v) is 7.57. The van der Waals surface area contributed by atoms with Crippen LogP contribution in [0.2, 0.25) is 5.02 Å². The number of amides is 1. The predicted molar refractivity (Wildman–Crippen MR) is 138 cm³/mol. The summed E-state index contributed by atoms with van der Waals surface area (Å²) in [5, 5.41) is 0.406. The first-order chi connectivity index (χ1) is 19.0. The number of hydrogen-bond donors (Lipinski definition) is 0. The Labute approximate surface area is 233 Å². The van der Waals surface area contributed by atoms with Gasteiger partial charge in [0.15, 0.2) is 17.8 Å². The first-order valence-corrected chi connectivity index (χ1v) is 13.0. The van der Waals surface area contributed by atoms with Gasteiger partial charge in [0.1, 0.15) is 5.75 Å². The van der Waals surface area contributed by atoms with Gasteiger partial charge in [-0.05, 0) is 80.0 Å². The monoisotopic (exact) mass is 576 g/mol. The topological polar surface area (TPSA) is 59.1 Å². The number of alkyl halides is 3. The fourth-order valence-electron chi connectivity index (χ4n) is 5.17. The summed E-state index contributed by atoms with van der Waals surface area (Å²) in [5.41, 5.74) is 0.232. The number of piperidine rings is 1. The van der Waals surface area contributed by atoms with E-state index in [1.165, 1.54) is 30.3 Å². The lowest BCUT2D eigenvalue weighted by atomic mass is 9.69. The number of likely N-dealkylation sites (tertiary alicyclic amines) is 2. The highest BCUT2D eigenvalue weighted by Crippen LogP contribution is 2.48. The molecular weight excluding hydrogens is 552 g/mol. The van der Waals surface area contributed by atoms with Crippen molar-refractivity contribution in [1.82, 2.24) is 9.80 Å². The van der Waals surface area contributed by atoms with Crippen molar-refractivity contribution < 1.29 is 36.6 Å². The Balaban J connectivity index is 1.26. The highest BCUT2D eigenvalue weighted by atomic mass is 35.5. The molecule has 0 aliphatic carbocycles. The third kappa shape index (κ3) is 5.93. The maximum absolute atomic E-state index is 14.4.